The zero-order valence-electron chi connectivity index (χ0n) is 16.4. The highest BCUT2D eigenvalue weighted by Crippen LogP contribution is 2.37. The molecule has 29 heavy (non-hydrogen) atoms. The van der Waals surface area contributed by atoms with E-state index in [-0.39, 0.29) is 0 Å². The van der Waals surface area contributed by atoms with Gasteiger partial charge in [-0.2, -0.15) is 0 Å². The summed E-state index contributed by atoms with van der Waals surface area (Å²) in [5.41, 5.74) is 2.92. The molecule has 0 fully saturated rings. The standard InChI is InChI=1S/C23H23Cl2NO3/c1-3-28-22-12-17(14-26-18-9-10-21(27-2)19(24)13-18)11-20(25)23(22)29-15-16-7-5-4-6-8-16/h4-13,26H,3,14-15H2,1-2H3. The van der Waals surface area contributed by atoms with Crippen molar-refractivity contribution in [3.05, 3.63) is 81.8 Å². The van der Waals surface area contributed by atoms with Crippen LogP contribution in [0.2, 0.25) is 10.0 Å². The smallest absolute Gasteiger partial charge is 0.180 e. The van der Waals surface area contributed by atoms with Gasteiger partial charge in [-0.15, -0.1) is 0 Å². The molecule has 0 amide bonds. The highest BCUT2D eigenvalue weighted by molar-refractivity contribution is 6.32. The van der Waals surface area contributed by atoms with Gasteiger partial charge in [0.15, 0.2) is 11.5 Å². The number of ether oxygens (including phenoxy) is 3. The Morgan fingerprint density at radius 1 is 0.828 bits per heavy atom. The number of hydrogen-bond donors (Lipinski definition) is 1. The predicted molar refractivity (Wildman–Crippen MR) is 119 cm³/mol. The lowest BCUT2D eigenvalue weighted by atomic mass is 10.2. The van der Waals surface area contributed by atoms with Crippen LogP contribution >= 0.6 is 23.2 Å². The molecule has 0 atom stereocenters. The van der Waals surface area contributed by atoms with Gasteiger partial charge >= 0.3 is 0 Å². The van der Waals surface area contributed by atoms with Crippen molar-refractivity contribution in [2.24, 2.45) is 0 Å². The van der Waals surface area contributed by atoms with Gasteiger partial charge in [0, 0.05) is 12.2 Å². The lowest BCUT2D eigenvalue weighted by Gasteiger charge is -2.16. The molecule has 3 rings (SSSR count). The van der Waals surface area contributed by atoms with Crippen molar-refractivity contribution in [1.29, 1.82) is 0 Å². The number of anilines is 1. The Kier molecular flexibility index (Phi) is 7.50. The molecule has 0 unspecified atom stereocenters. The second-order valence-electron chi connectivity index (χ2n) is 6.32. The lowest BCUT2D eigenvalue weighted by Crippen LogP contribution is -2.04. The maximum absolute atomic E-state index is 6.51. The molecule has 4 nitrogen and oxygen atoms in total. The average Bonchev–Trinajstić information content (AvgIpc) is 2.73. The Balaban J connectivity index is 1.73. The first kappa shape index (κ1) is 21.2. The van der Waals surface area contributed by atoms with Gasteiger partial charge in [-0.1, -0.05) is 53.5 Å². The van der Waals surface area contributed by atoms with E-state index in [9.17, 15) is 0 Å². The Morgan fingerprint density at radius 3 is 2.31 bits per heavy atom. The maximum atomic E-state index is 6.51. The van der Waals surface area contributed by atoms with Crippen LogP contribution in [-0.2, 0) is 13.2 Å². The molecule has 0 aliphatic rings. The molecule has 0 aliphatic heterocycles. The van der Waals surface area contributed by atoms with Gasteiger partial charge in [0.05, 0.1) is 23.8 Å². The summed E-state index contributed by atoms with van der Waals surface area (Å²) in [6.45, 7) is 3.42. The van der Waals surface area contributed by atoms with E-state index in [1.165, 1.54) is 0 Å². The first-order chi connectivity index (χ1) is 14.1. The Morgan fingerprint density at radius 2 is 1.62 bits per heavy atom. The van der Waals surface area contributed by atoms with Crippen LogP contribution in [0.25, 0.3) is 0 Å². The molecular weight excluding hydrogens is 409 g/mol. The van der Waals surface area contributed by atoms with Gasteiger partial charge in [0.1, 0.15) is 12.4 Å². The van der Waals surface area contributed by atoms with Crippen LogP contribution in [0.5, 0.6) is 17.2 Å². The van der Waals surface area contributed by atoms with Crippen molar-refractivity contribution in [2.75, 3.05) is 19.0 Å². The second-order valence-corrected chi connectivity index (χ2v) is 7.13. The normalized spacial score (nSPS) is 10.5. The number of hydrogen-bond acceptors (Lipinski definition) is 4. The fraction of sp³-hybridized carbons (Fsp3) is 0.217. The first-order valence-electron chi connectivity index (χ1n) is 9.30. The predicted octanol–water partition coefficient (Wildman–Crippen LogP) is 6.59. The molecule has 0 saturated carbocycles. The number of nitrogens with one attached hydrogen (secondary N) is 1. The van der Waals surface area contributed by atoms with E-state index in [0.29, 0.717) is 47.1 Å². The minimum atomic E-state index is 0.419. The van der Waals surface area contributed by atoms with Gasteiger partial charge in [0.25, 0.3) is 0 Å². The third-order valence-corrected chi connectivity index (χ3v) is 4.82. The van der Waals surface area contributed by atoms with E-state index in [1.807, 2.05) is 67.6 Å². The molecule has 1 N–H and O–H groups in total. The topological polar surface area (TPSA) is 39.7 Å². The zero-order valence-corrected chi connectivity index (χ0v) is 17.9. The van der Waals surface area contributed by atoms with E-state index in [2.05, 4.69) is 5.32 Å². The molecule has 0 saturated heterocycles. The Labute approximate surface area is 181 Å². The van der Waals surface area contributed by atoms with Crippen molar-refractivity contribution in [3.63, 3.8) is 0 Å². The molecule has 6 heteroatoms. The summed E-state index contributed by atoms with van der Waals surface area (Å²) < 4.78 is 16.9. The summed E-state index contributed by atoms with van der Waals surface area (Å²) in [6.07, 6.45) is 0. The van der Waals surface area contributed by atoms with Crippen molar-refractivity contribution < 1.29 is 14.2 Å². The summed E-state index contributed by atoms with van der Waals surface area (Å²) in [7, 11) is 1.59. The van der Waals surface area contributed by atoms with Crippen LogP contribution in [0.1, 0.15) is 18.1 Å². The van der Waals surface area contributed by atoms with Crippen molar-refractivity contribution in [1.82, 2.24) is 0 Å². The van der Waals surface area contributed by atoms with Gasteiger partial charge < -0.3 is 19.5 Å². The summed E-state index contributed by atoms with van der Waals surface area (Å²) in [5.74, 6) is 1.81. The molecule has 3 aromatic carbocycles. The Bertz CT molecular complexity index is 948. The summed E-state index contributed by atoms with van der Waals surface area (Å²) in [4.78, 5) is 0. The molecule has 0 radical (unpaired) electrons. The van der Waals surface area contributed by atoms with Crippen LogP contribution in [0.3, 0.4) is 0 Å². The van der Waals surface area contributed by atoms with Gasteiger partial charge in [-0.3, -0.25) is 0 Å². The molecule has 0 bridgehead atoms. The highest BCUT2D eigenvalue weighted by Gasteiger charge is 2.13. The van der Waals surface area contributed by atoms with Crippen LogP contribution in [0, 0.1) is 0 Å². The molecule has 0 heterocycles. The van der Waals surface area contributed by atoms with Gasteiger partial charge in [-0.05, 0) is 48.4 Å². The maximum Gasteiger partial charge on any atom is 0.180 e. The van der Waals surface area contributed by atoms with Crippen molar-refractivity contribution >= 4 is 28.9 Å². The quantitative estimate of drug-likeness (QED) is 0.414. The SMILES string of the molecule is CCOc1cc(CNc2ccc(OC)c(Cl)c2)cc(Cl)c1OCc1ccccc1. The zero-order chi connectivity index (χ0) is 20.6. The largest absolute Gasteiger partial charge is 0.495 e. The molecular formula is C23H23Cl2NO3. The van der Waals surface area contributed by atoms with Gasteiger partial charge in [-0.25, -0.2) is 0 Å². The van der Waals surface area contributed by atoms with E-state index in [0.717, 1.165) is 16.8 Å². The summed E-state index contributed by atoms with van der Waals surface area (Å²) >= 11 is 12.7. The molecule has 3 aromatic rings. The molecule has 0 aliphatic carbocycles. The highest BCUT2D eigenvalue weighted by atomic mass is 35.5. The number of halogens is 2. The van der Waals surface area contributed by atoms with E-state index < -0.39 is 0 Å². The first-order valence-corrected chi connectivity index (χ1v) is 10.1. The third-order valence-electron chi connectivity index (χ3n) is 4.24. The average molecular weight is 432 g/mol. The van der Waals surface area contributed by atoms with Crippen molar-refractivity contribution in [2.45, 2.75) is 20.1 Å². The second kappa shape index (κ2) is 10.3. The van der Waals surface area contributed by atoms with Crippen LogP contribution in [0.15, 0.2) is 60.7 Å². The van der Waals surface area contributed by atoms with E-state index >= 15 is 0 Å². The fourth-order valence-corrected chi connectivity index (χ4v) is 3.38. The lowest BCUT2D eigenvalue weighted by molar-refractivity contribution is 0.269. The number of methoxy groups -OCH3 is 1. The van der Waals surface area contributed by atoms with Crippen LogP contribution in [0.4, 0.5) is 5.69 Å². The molecule has 0 spiro atoms. The van der Waals surface area contributed by atoms with E-state index in [4.69, 9.17) is 37.4 Å². The van der Waals surface area contributed by atoms with Crippen LogP contribution in [-0.4, -0.2) is 13.7 Å². The minimum absolute atomic E-state index is 0.419. The summed E-state index contributed by atoms with van der Waals surface area (Å²) in [6, 6.07) is 19.3. The fourth-order valence-electron chi connectivity index (χ4n) is 2.84. The summed E-state index contributed by atoms with van der Waals surface area (Å²) in [5, 5.41) is 4.39. The molecule has 0 aromatic heterocycles. The van der Waals surface area contributed by atoms with Crippen molar-refractivity contribution in [3.8, 4) is 17.2 Å². The van der Waals surface area contributed by atoms with Crippen LogP contribution < -0.4 is 19.5 Å². The Hall–Kier alpha value is -2.56. The minimum Gasteiger partial charge on any atom is -0.495 e. The molecule has 152 valence electrons. The number of benzene rings is 3. The van der Waals surface area contributed by atoms with E-state index in [1.54, 1.807) is 7.11 Å². The van der Waals surface area contributed by atoms with Gasteiger partial charge in [0.2, 0.25) is 0 Å². The number of rotatable bonds is 9. The third kappa shape index (κ3) is 5.72. The monoisotopic (exact) mass is 431 g/mol.